The van der Waals surface area contributed by atoms with Crippen LogP contribution in [0.1, 0.15) is 106 Å². The Bertz CT molecular complexity index is 4200. The molecular weight excluding hydrogens is 1030 g/mol. The molecular formula is C74H61F4N5. The quantitative estimate of drug-likeness (QED) is 0.135. The first-order valence-corrected chi connectivity index (χ1v) is 28.9. The summed E-state index contributed by atoms with van der Waals surface area (Å²) in [5.74, 6) is -3.56. The summed E-state index contributed by atoms with van der Waals surface area (Å²) in [6.45, 7) is 10.7. The summed E-state index contributed by atoms with van der Waals surface area (Å²) >= 11 is 0. The average Bonchev–Trinajstić information content (AvgIpc) is 2.01. The van der Waals surface area contributed by atoms with Gasteiger partial charge in [0.1, 0.15) is 5.82 Å². The molecule has 0 spiro atoms. The lowest BCUT2D eigenvalue weighted by Crippen LogP contribution is -2.32. The summed E-state index contributed by atoms with van der Waals surface area (Å²) in [6.07, 6.45) is 24.6. The Kier molecular flexibility index (Phi) is 12.3. The van der Waals surface area contributed by atoms with E-state index in [1.807, 2.05) is 91.9 Å². The first kappa shape index (κ1) is 52.4. The molecule has 2 heterocycles. The number of halogens is 4. The van der Waals surface area contributed by atoms with Crippen molar-refractivity contribution in [2.75, 3.05) is 0 Å². The van der Waals surface area contributed by atoms with Gasteiger partial charge >= 0.3 is 0 Å². The second-order valence-corrected chi connectivity index (χ2v) is 24.4. The predicted molar refractivity (Wildman–Crippen MR) is 324 cm³/mol. The van der Waals surface area contributed by atoms with Crippen molar-refractivity contribution in [3.05, 3.63) is 263 Å². The Morgan fingerprint density at radius 3 is 1.86 bits per heavy atom. The van der Waals surface area contributed by atoms with Gasteiger partial charge in [0.25, 0.3) is 11.8 Å². The zero-order valence-electron chi connectivity index (χ0n) is 47.1. The molecule has 0 saturated heterocycles. The largest absolute Gasteiger partial charge is 0.299 e. The Labute approximate surface area is 482 Å². The van der Waals surface area contributed by atoms with Gasteiger partial charge in [0.2, 0.25) is 0 Å². The van der Waals surface area contributed by atoms with E-state index in [4.69, 9.17) is 24.9 Å². The molecule has 5 unspecified atom stereocenters. The number of benzene rings is 6. The molecule has 410 valence electrons. The number of aromatic nitrogens is 5. The van der Waals surface area contributed by atoms with Crippen LogP contribution in [-0.4, -0.2) is 24.9 Å². The monoisotopic (exact) mass is 1100 g/mol. The number of allylic oxidation sites excluding steroid dienone is 14. The second kappa shape index (κ2) is 19.5. The van der Waals surface area contributed by atoms with Crippen LogP contribution in [0, 0.1) is 11.8 Å². The van der Waals surface area contributed by atoms with Gasteiger partial charge in [-0.1, -0.05) is 217 Å². The lowest BCUT2D eigenvalue weighted by molar-refractivity contribution is 0.0368. The molecule has 9 heteroatoms. The smallest absolute Gasteiger partial charge is 0.232 e. The van der Waals surface area contributed by atoms with Crippen LogP contribution in [0.3, 0.4) is 0 Å². The van der Waals surface area contributed by atoms with E-state index in [1.54, 1.807) is 42.5 Å². The van der Waals surface area contributed by atoms with E-state index in [-0.39, 0.29) is 33.6 Å². The molecule has 6 aliphatic rings. The van der Waals surface area contributed by atoms with Crippen molar-refractivity contribution in [3.63, 3.8) is 0 Å². The molecule has 8 aromatic rings. The third-order valence-corrected chi connectivity index (χ3v) is 18.5. The molecule has 0 fully saturated rings. The minimum Gasteiger partial charge on any atom is -0.232 e. The van der Waals surface area contributed by atoms with Crippen LogP contribution in [0.5, 0.6) is 0 Å². The fourth-order valence-corrected chi connectivity index (χ4v) is 13.7. The van der Waals surface area contributed by atoms with Crippen LogP contribution in [-0.2, 0) is 28.1 Å². The number of rotatable bonds is 9. The Morgan fingerprint density at radius 2 is 1.14 bits per heavy atom. The van der Waals surface area contributed by atoms with Crippen molar-refractivity contribution < 1.29 is 17.6 Å². The molecule has 83 heavy (non-hydrogen) atoms. The Morgan fingerprint density at radius 1 is 0.494 bits per heavy atom. The van der Waals surface area contributed by atoms with Crippen LogP contribution >= 0.6 is 0 Å². The normalized spacial score (nSPS) is 24.2. The number of hydrogen-bond donors (Lipinski definition) is 0. The van der Waals surface area contributed by atoms with Crippen molar-refractivity contribution in [1.29, 1.82) is 0 Å². The second-order valence-electron chi connectivity index (χ2n) is 24.4. The predicted octanol–water partition coefficient (Wildman–Crippen LogP) is 18.8. The molecule has 14 rings (SSSR count). The highest BCUT2D eigenvalue weighted by Gasteiger charge is 2.57. The highest BCUT2D eigenvalue weighted by molar-refractivity contribution is 5.83. The van der Waals surface area contributed by atoms with Gasteiger partial charge in [-0.15, -0.1) is 0 Å². The van der Waals surface area contributed by atoms with Crippen LogP contribution in [0.4, 0.5) is 17.6 Å². The fourth-order valence-electron chi connectivity index (χ4n) is 13.7. The van der Waals surface area contributed by atoms with Gasteiger partial charge in [0, 0.05) is 60.8 Å². The third-order valence-electron chi connectivity index (χ3n) is 18.5. The molecule has 0 bridgehead atoms. The van der Waals surface area contributed by atoms with E-state index < -0.39 is 22.7 Å². The highest BCUT2D eigenvalue weighted by atomic mass is 19.3. The molecule has 5 atom stereocenters. The number of nitrogens with zero attached hydrogens (tertiary/aromatic N) is 5. The summed E-state index contributed by atoms with van der Waals surface area (Å²) in [7, 11) is 0. The Hall–Kier alpha value is -8.69. The average molecular weight is 1100 g/mol. The third kappa shape index (κ3) is 8.84. The van der Waals surface area contributed by atoms with Crippen LogP contribution in [0.25, 0.3) is 73.0 Å². The lowest BCUT2D eigenvalue weighted by Gasteiger charge is -2.38. The van der Waals surface area contributed by atoms with Gasteiger partial charge in [-0.05, 0) is 118 Å². The zero-order chi connectivity index (χ0) is 57.0. The minimum atomic E-state index is -3.19. The fraction of sp³-hybridized carbons (Fsp3) is 0.230. The molecule has 0 N–H and O–H groups in total. The summed E-state index contributed by atoms with van der Waals surface area (Å²) in [5, 5.41) is 0. The first-order chi connectivity index (χ1) is 40.0. The molecule has 2 aromatic heterocycles. The van der Waals surface area contributed by atoms with Crippen molar-refractivity contribution in [1.82, 2.24) is 24.9 Å². The standard InChI is InChI=1S/C74H61F4N5/c1-45-15-14-18-55(39-45)68-81-67(51-27-23-47(24-28-51)52-29-31-58-57-19-10-11-20-59(57)73(75,76)61(58)40-52)82-69(83-68)71(4)37-34-56(46(2)44-71)54-33-38-72(5)60-32-30-53(41-62(60)74(77,78)64(72)42-54)48-21-25-50(26-22-48)66-79-63(49-16-8-6-9-17-49)43-65(80-66)70(3)35-12-7-13-36-70/h6-14,16-35,39-43,45-46H,15,36-38,44H2,1-5H3. The number of hydrogen-bond acceptors (Lipinski definition) is 5. The molecule has 0 aliphatic heterocycles. The first-order valence-electron chi connectivity index (χ1n) is 28.9. The van der Waals surface area contributed by atoms with Crippen LogP contribution in [0.2, 0.25) is 0 Å². The van der Waals surface area contributed by atoms with E-state index >= 15 is 17.6 Å². The summed E-state index contributed by atoms with van der Waals surface area (Å²) in [4.78, 5) is 25.7. The van der Waals surface area contributed by atoms with Gasteiger partial charge in [0.15, 0.2) is 17.5 Å². The maximum absolute atomic E-state index is 17.3. The highest BCUT2D eigenvalue weighted by Crippen LogP contribution is 2.60. The van der Waals surface area contributed by atoms with Crippen molar-refractivity contribution in [2.45, 2.75) is 94.8 Å². The topological polar surface area (TPSA) is 64.5 Å². The van der Waals surface area contributed by atoms with E-state index in [2.05, 4.69) is 101 Å². The summed E-state index contributed by atoms with van der Waals surface area (Å²) < 4.78 is 66.1. The SMILES string of the molecule is CC1C=C(c2nc(-c3ccc(-c4ccc5c(c4)C(F)(F)c4ccccc4-5)cc3)nc(C3(C)CC=C(C4=CCC5(C)C(=C4)C(F)(F)c4cc(-c6ccc(-c7nc(-c8ccccc8)cc(C8(C)C=CC=CC8)n7)cc6)ccc45)C(C)C3)n2)C=CC1. The lowest BCUT2D eigenvalue weighted by atomic mass is 9.67. The Balaban J connectivity index is 0.731. The molecule has 0 radical (unpaired) electrons. The van der Waals surface area contributed by atoms with E-state index in [0.717, 1.165) is 74.3 Å². The molecule has 0 amide bonds. The number of fused-ring (bicyclic) bond motifs is 6. The van der Waals surface area contributed by atoms with Crippen molar-refractivity contribution >= 4 is 5.57 Å². The van der Waals surface area contributed by atoms with E-state index in [9.17, 15) is 0 Å². The molecule has 0 saturated carbocycles. The zero-order valence-corrected chi connectivity index (χ0v) is 47.1. The van der Waals surface area contributed by atoms with Gasteiger partial charge in [-0.25, -0.2) is 24.9 Å². The van der Waals surface area contributed by atoms with Gasteiger partial charge in [0.05, 0.1) is 11.4 Å². The van der Waals surface area contributed by atoms with Gasteiger partial charge in [-0.2, -0.15) is 17.6 Å². The van der Waals surface area contributed by atoms with E-state index in [1.165, 1.54) is 6.07 Å². The summed E-state index contributed by atoms with van der Waals surface area (Å²) in [5.41, 5.74) is 10.7. The summed E-state index contributed by atoms with van der Waals surface area (Å²) in [6, 6.07) is 45.6. The maximum atomic E-state index is 17.3. The molecule has 6 aliphatic carbocycles. The molecule has 5 nitrogen and oxygen atoms in total. The maximum Gasteiger partial charge on any atom is 0.299 e. The van der Waals surface area contributed by atoms with Crippen molar-refractivity contribution in [3.8, 4) is 67.4 Å². The molecule has 6 aromatic carbocycles. The van der Waals surface area contributed by atoms with Crippen LogP contribution < -0.4 is 0 Å². The van der Waals surface area contributed by atoms with E-state index in [0.29, 0.717) is 70.7 Å². The minimum absolute atomic E-state index is 0.000392. The van der Waals surface area contributed by atoms with Crippen molar-refractivity contribution in [2.24, 2.45) is 11.8 Å². The van der Waals surface area contributed by atoms with Gasteiger partial charge in [-0.3, -0.25) is 0 Å². The van der Waals surface area contributed by atoms with Gasteiger partial charge < -0.3 is 0 Å². The van der Waals surface area contributed by atoms with Crippen LogP contribution in [0.15, 0.2) is 223 Å². The number of alkyl halides is 4.